The van der Waals surface area contributed by atoms with Crippen LogP contribution in [0.25, 0.3) is 0 Å². The Bertz CT molecular complexity index is 1200. The average molecular weight is 737 g/mol. The maximum absolute atomic E-state index is 3.67. The molecule has 0 amide bonds. The van der Waals surface area contributed by atoms with Crippen LogP contribution in [0.5, 0.6) is 0 Å². The Hall–Kier alpha value is -0.400. The van der Waals surface area contributed by atoms with Crippen LogP contribution in [0.1, 0.15) is 86.6 Å². The summed E-state index contributed by atoms with van der Waals surface area (Å²) in [6.07, 6.45) is 17.6. The van der Waals surface area contributed by atoms with E-state index >= 15 is 0 Å². The van der Waals surface area contributed by atoms with E-state index in [0.717, 1.165) is 23.7 Å². The largest absolute Gasteiger partial charge is 0.360 e. The van der Waals surface area contributed by atoms with Crippen LogP contribution < -0.4 is 4.90 Å². The van der Waals surface area contributed by atoms with E-state index in [1.54, 1.807) is 4.91 Å². The summed E-state index contributed by atoms with van der Waals surface area (Å²) < 4.78 is 0. The highest BCUT2D eigenvalue weighted by molar-refractivity contribution is 9.09. The van der Waals surface area contributed by atoms with Crippen molar-refractivity contribution < 1.29 is 0 Å². The van der Waals surface area contributed by atoms with E-state index < -0.39 is 0 Å². The molecule has 6 heteroatoms. The summed E-state index contributed by atoms with van der Waals surface area (Å²) in [5, 5.41) is 2.62. The number of benzene rings is 1. The second-order valence-electron chi connectivity index (χ2n) is 13.6. The molecular weight excluding hydrogens is 684 g/mol. The molecule has 2 heterocycles. The Morgan fingerprint density at radius 3 is 2.10 bits per heavy atom. The van der Waals surface area contributed by atoms with Crippen molar-refractivity contribution in [3.8, 4) is 0 Å². The first-order valence-electron chi connectivity index (χ1n) is 16.0. The summed E-state index contributed by atoms with van der Waals surface area (Å²) in [6, 6.07) is 8.38. The van der Waals surface area contributed by atoms with Crippen molar-refractivity contribution >= 4 is 61.1 Å². The molecule has 0 bridgehead atoms. The van der Waals surface area contributed by atoms with Crippen molar-refractivity contribution in [2.75, 3.05) is 28.6 Å². The zero-order valence-corrected chi connectivity index (χ0v) is 31.9. The quantitative estimate of drug-likeness (QED) is 0.194. The number of alkyl halides is 2. The van der Waals surface area contributed by atoms with Crippen LogP contribution in [-0.4, -0.2) is 52.0 Å². The molecule has 5 rings (SSSR count). The number of fused-ring (bicyclic) bond motifs is 4. The van der Waals surface area contributed by atoms with Crippen molar-refractivity contribution in [1.82, 2.24) is 4.90 Å². The average Bonchev–Trinajstić information content (AvgIpc) is 2.95. The van der Waals surface area contributed by atoms with Crippen molar-refractivity contribution in [3.05, 3.63) is 69.5 Å². The zero-order valence-electron chi connectivity index (χ0n) is 27.1. The van der Waals surface area contributed by atoms with Gasteiger partial charge in [-0.1, -0.05) is 129 Å². The number of halogens is 2. The van der Waals surface area contributed by atoms with Crippen molar-refractivity contribution in [1.29, 1.82) is 0 Å². The third-order valence-corrected chi connectivity index (χ3v) is 12.2. The molecule has 1 saturated heterocycles. The van der Waals surface area contributed by atoms with Crippen LogP contribution in [-0.2, 0) is 5.41 Å². The minimum atomic E-state index is 0.148. The number of nitrogens with zero attached hydrogens (tertiary/aromatic N) is 2. The van der Waals surface area contributed by atoms with Gasteiger partial charge in [0.25, 0.3) is 0 Å². The van der Waals surface area contributed by atoms with Gasteiger partial charge in [-0.25, -0.2) is 0 Å². The van der Waals surface area contributed by atoms with E-state index in [0.29, 0.717) is 23.4 Å². The summed E-state index contributed by atoms with van der Waals surface area (Å²) in [4.78, 5) is 10.0. The fourth-order valence-corrected chi connectivity index (χ4v) is 9.66. The molecule has 2 aliphatic carbocycles. The van der Waals surface area contributed by atoms with Crippen molar-refractivity contribution in [3.63, 3.8) is 0 Å². The van der Waals surface area contributed by atoms with Crippen LogP contribution in [0, 0.1) is 5.41 Å². The first kappa shape index (κ1) is 34.5. The highest BCUT2D eigenvalue weighted by Gasteiger charge is 2.43. The molecule has 2 nitrogen and oxygen atoms in total. The summed E-state index contributed by atoms with van der Waals surface area (Å²) >= 11 is 11.5. The fourth-order valence-electron chi connectivity index (χ4n) is 6.16. The normalized spacial score (nSPS) is 25.2. The van der Waals surface area contributed by atoms with Crippen molar-refractivity contribution in [2.24, 2.45) is 5.41 Å². The molecule has 232 valence electrons. The fraction of sp³-hybridized carbons (Fsp3) is 0.611. The number of unbranched alkanes of at least 4 members (excludes halogenated alkanes) is 2. The highest BCUT2D eigenvalue weighted by atomic mass is 79.9. The minimum Gasteiger partial charge on any atom is -0.360 e. The predicted molar refractivity (Wildman–Crippen MR) is 198 cm³/mol. The highest BCUT2D eigenvalue weighted by Crippen LogP contribution is 2.52. The van der Waals surface area contributed by atoms with Gasteiger partial charge in [0.2, 0.25) is 0 Å². The van der Waals surface area contributed by atoms with Gasteiger partial charge < -0.3 is 4.90 Å². The van der Waals surface area contributed by atoms with E-state index in [1.807, 2.05) is 25.6 Å². The van der Waals surface area contributed by atoms with Crippen LogP contribution in [0.4, 0.5) is 5.69 Å². The van der Waals surface area contributed by atoms with E-state index in [9.17, 15) is 0 Å². The zero-order chi connectivity index (χ0) is 30.7. The van der Waals surface area contributed by atoms with E-state index in [2.05, 4.69) is 144 Å². The molecule has 0 aromatic heterocycles. The maximum atomic E-state index is 3.67. The molecule has 42 heavy (non-hydrogen) atoms. The topological polar surface area (TPSA) is 6.48 Å². The van der Waals surface area contributed by atoms with Crippen molar-refractivity contribution in [2.45, 2.75) is 115 Å². The third kappa shape index (κ3) is 7.69. The Balaban J connectivity index is 0.00000198. The standard InChI is InChI=1S/C34H46Br2N2S2.C2H6/c1-33(2,3)23-11-13-25-29(19-23)39-31-21-28-32(22-27(31)37(25)17-9-7-15-35)40-30-20-24(34(4,5)6)12-14-26(30)38(28)18-10-8-16-36;1-2/h11-14,19-22,25,27-29H,7-10,15-18H2,1-6H3;1-2H3. The van der Waals surface area contributed by atoms with Crippen LogP contribution >= 0.6 is 55.4 Å². The molecule has 0 spiro atoms. The van der Waals surface area contributed by atoms with Gasteiger partial charge in [0.05, 0.1) is 17.8 Å². The van der Waals surface area contributed by atoms with Crippen LogP contribution in [0.3, 0.4) is 0 Å². The molecule has 0 saturated carbocycles. The third-order valence-electron chi connectivity index (χ3n) is 8.54. The minimum absolute atomic E-state index is 0.148. The number of hydrogen-bond donors (Lipinski definition) is 0. The second-order valence-corrected chi connectivity index (χ2v) is 17.5. The van der Waals surface area contributed by atoms with Crippen LogP contribution in [0.15, 0.2) is 68.9 Å². The van der Waals surface area contributed by atoms with Crippen LogP contribution in [0.2, 0.25) is 0 Å². The molecule has 1 aromatic carbocycles. The Morgan fingerprint density at radius 2 is 1.45 bits per heavy atom. The first-order valence-corrected chi connectivity index (χ1v) is 19.9. The summed E-state index contributed by atoms with van der Waals surface area (Å²) in [6.45, 7) is 20.2. The van der Waals surface area contributed by atoms with Gasteiger partial charge in [0.15, 0.2) is 0 Å². The molecule has 0 N–H and O–H groups in total. The lowest BCUT2D eigenvalue weighted by Crippen LogP contribution is -2.53. The lowest BCUT2D eigenvalue weighted by Gasteiger charge is -2.50. The number of thioether (sulfide) groups is 2. The van der Waals surface area contributed by atoms with Gasteiger partial charge in [-0.2, -0.15) is 0 Å². The van der Waals surface area contributed by atoms with Gasteiger partial charge in [-0.15, -0.1) is 11.8 Å². The molecule has 1 aromatic rings. The Kier molecular flexibility index (Phi) is 12.1. The molecule has 2 aliphatic heterocycles. The molecular formula is C36H52Br2N2S2. The van der Waals surface area contributed by atoms with Gasteiger partial charge >= 0.3 is 0 Å². The smallest absolute Gasteiger partial charge is 0.0797 e. The summed E-state index contributed by atoms with van der Waals surface area (Å²) in [5.41, 5.74) is 4.63. The SMILES string of the molecule is CC.CC(C)(C)C1=CC2SC3=CC4C(=CC3N(CCCCBr)C2C=C1)Sc1cc(C(C)(C)C)ccc1N4CCCCBr. The van der Waals surface area contributed by atoms with Gasteiger partial charge in [0, 0.05) is 43.2 Å². The molecule has 4 unspecified atom stereocenters. The van der Waals surface area contributed by atoms with E-state index in [1.165, 1.54) is 52.3 Å². The monoisotopic (exact) mass is 734 g/mol. The number of anilines is 1. The van der Waals surface area contributed by atoms with Gasteiger partial charge in [-0.3, -0.25) is 4.90 Å². The Morgan fingerprint density at radius 1 is 0.786 bits per heavy atom. The van der Waals surface area contributed by atoms with E-state index in [4.69, 9.17) is 0 Å². The Labute approximate surface area is 282 Å². The second kappa shape index (κ2) is 14.8. The predicted octanol–water partition coefficient (Wildman–Crippen LogP) is 11.1. The van der Waals surface area contributed by atoms with Gasteiger partial charge in [-0.05, 0) is 72.4 Å². The molecule has 1 fully saturated rings. The lowest BCUT2D eigenvalue weighted by molar-refractivity contribution is 0.204. The maximum Gasteiger partial charge on any atom is 0.0797 e. The number of allylic oxidation sites excluding steroid dienone is 2. The summed E-state index contributed by atoms with van der Waals surface area (Å²) in [7, 11) is 0. The summed E-state index contributed by atoms with van der Waals surface area (Å²) in [5.74, 6) is 0. The number of hydrogen-bond acceptors (Lipinski definition) is 4. The van der Waals surface area contributed by atoms with Gasteiger partial charge in [0.1, 0.15) is 0 Å². The number of rotatable bonds is 8. The lowest BCUT2D eigenvalue weighted by atomic mass is 9.82. The first-order chi connectivity index (χ1) is 20.0. The molecule has 4 atom stereocenters. The molecule has 4 aliphatic rings. The molecule has 0 radical (unpaired) electrons. The van der Waals surface area contributed by atoms with E-state index in [-0.39, 0.29) is 10.8 Å².